The number of ether oxygens (including phenoxy) is 1. The van der Waals surface area contributed by atoms with Gasteiger partial charge in [0.2, 0.25) is 5.91 Å². The second-order valence-electron chi connectivity index (χ2n) is 8.04. The van der Waals surface area contributed by atoms with Crippen molar-refractivity contribution in [3.8, 4) is 11.1 Å². The summed E-state index contributed by atoms with van der Waals surface area (Å²) >= 11 is 4.03. The second-order valence-corrected chi connectivity index (χ2v) is 11.0. The fraction of sp³-hybridized carbons (Fsp3) is 0.280. The van der Waals surface area contributed by atoms with Gasteiger partial charge in [0.05, 0.1) is 17.7 Å². The lowest BCUT2D eigenvalue weighted by atomic mass is 9.97. The number of hydrogen-bond acceptors (Lipinski definition) is 8. The van der Waals surface area contributed by atoms with Crippen LogP contribution in [0.15, 0.2) is 45.7 Å². The van der Waals surface area contributed by atoms with Gasteiger partial charge in [-0.2, -0.15) is 0 Å². The molecule has 0 atom stereocenters. The molecule has 35 heavy (non-hydrogen) atoms. The molecule has 0 radical (unpaired) electrons. The van der Waals surface area contributed by atoms with E-state index < -0.39 is 5.97 Å². The van der Waals surface area contributed by atoms with Crippen LogP contribution in [0.25, 0.3) is 21.3 Å². The van der Waals surface area contributed by atoms with Gasteiger partial charge in [-0.05, 0) is 43.7 Å². The van der Waals surface area contributed by atoms with E-state index >= 15 is 0 Å². The molecule has 5 rings (SSSR count). The summed E-state index contributed by atoms with van der Waals surface area (Å²) < 4.78 is 5.25. The number of amides is 1. The number of thioether (sulfide) groups is 1. The van der Waals surface area contributed by atoms with E-state index in [1.807, 2.05) is 35.7 Å². The number of carbonyl (C=O) groups is 2. The zero-order valence-corrected chi connectivity index (χ0v) is 21.5. The Balaban J connectivity index is 1.33. The minimum Gasteiger partial charge on any atom is -0.462 e. The van der Waals surface area contributed by atoms with E-state index in [1.165, 1.54) is 28.0 Å². The summed E-state index contributed by atoms with van der Waals surface area (Å²) in [5.41, 5.74) is 2.93. The number of fused-ring (bicyclic) bond motifs is 3. The molecule has 1 aliphatic carbocycles. The van der Waals surface area contributed by atoms with Crippen LogP contribution in [0, 0.1) is 0 Å². The Morgan fingerprint density at radius 2 is 2.00 bits per heavy atom. The van der Waals surface area contributed by atoms with Gasteiger partial charge in [0.25, 0.3) is 5.56 Å². The predicted octanol–water partition coefficient (Wildman–Crippen LogP) is 5.50. The van der Waals surface area contributed by atoms with Gasteiger partial charge in [-0.1, -0.05) is 42.1 Å². The summed E-state index contributed by atoms with van der Waals surface area (Å²) in [7, 11) is 0. The van der Waals surface area contributed by atoms with E-state index in [-0.39, 0.29) is 23.8 Å². The highest BCUT2D eigenvalue weighted by molar-refractivity contribution is 7.99. The fourth-order valence-corrected chi connectivity index (χ4v) is 7.15. The average Bonchev–Trinajstić information content (AvgIpc) is 3.45. The molecule has 0 fully saturated rings. The number of nitrogens with one attached hydrogen (secondary N) is 2. The van der Waals surface area contributed by atoms with Gasteiger partial charge < -0.3 is 15.0 Å². The molecule has 1 aliphatic rings. The summed E-state index contributed by atoms with van der Waals surface area (Å²) in [5, 5.41) is 6.24. The van der Waals surface area contributed by atoms with Gasteiger partial charge in [0.1, 0.15) is 15.4 Å². The summed E-state index contributed by atoms with van der Waals surface area (Å²) in [5.74, 6) is -0.732. The normalized spacial score (nSPS) is 12.9. The van der Waals surface area contributed by atoms with E-state index in [0.717, 1.165) is 47.2 Å². The summed E-state index contributed by atoms with van der Waals surface area (Å²) in [6, 6.07) is 9.51. The molecule has 7 nitrogen and oxygen atoms in total. The van der Waals surface area contributed by atoms with Crippen molar-refractivity contribution < 1.29 is 14.3 Å². The molecule has 180 valence electrons. The number of carbonyl (C=O) groups excluding carboxylic acids is 2. The molecule has 0 bridgehead atoms. The molecular formula is C25H23N3O4S3. The Morgan fingerprint density at radius 1 is 1.20 bits per heavy atom. The maximum atomic E-state index is 12.8. The Kier molecular flexibility index (Phi) is 7.03. The van der Waals surface area contributed by atoms with Crippen LogP contribution in [0.2, 0.25) is 0 Å². The Labute approximate surface area is 213 Å². The lowest BCUT2D eigenvalue weighted by molar-refractivity contribution is -0.113. The summed E-state index contributed by atoms with van der Waals surface area (Å²) in [6.07, 6.45) is 4.15. The first-order chi connectivity index (χ1) is 17.0. The third kappa shape index (κ3) is 4.91. The van der Waals surface area contributed by atoms with Crippen molar-refractivity contribution in [1.29, 1.82) is 0 Å². The van der Waals surface area contributed by atoms with Crippen LogP contribution < -0.4 is 10.9 Å². The first-order valence-corrected chi connectivity index (χ1v) is 14.0. The monoisotopic (exact) mass is 525 g/mol. The van der Waals surface area contributed by atoms with E-state index in [2.05, 4.69) is 15.3 Å². The van der Waals surface area contributed by atoms with Crippen molar-refractivity contribution in [2.45, 2.75) is 37.8 Å². The first-order valence-electron chi connectivity index (χ1n) is 11.4. The fourth-order valence-electron chi connectivity index (χ4n) is 4.20. The molecule has 0 unspecified atom stereocenters. The van der Waals surface area contributed by atoms with Crippen LogP contribution in [-0.2, 0) is 22.4 Å². The first kappa shape index (κ1) is 23.8. The quantitative estimate of drug-likeness (QED) is 0.188. The minimum absolute atomic E-state index is 0.0420. The SMILES string of the molecule is CCOC(=O)c1c(-c2ccccc2)csc1NC(=O)CSc1nc2sc3c(c2c(=O)[nH]1)CCCC3. The maximum absolute atomic E-state index is 12.8. The number of nitrogens with zero attached hydrogens (tertiary/aromatic N) is 1. The Morgan fingerprint density at radius 3 is 2.80 bits per heavy atom. The van der Waals surface area contributed by atoms with E-state index in [9.17, 15) is 14.4 Å². The Hall–Kier alpha value is -2.95. The van der Waals surface area contributed by atoms with Gasteiger partial charge in [-0.15, -0.1) is 22.7 Å². The number of esters is 1. The number of rotatable bonds is 7. The predicted molar refractivity (Wildman–Crippen MR) is 142 cm³/mol. The Bertz CT molecular complexity index is 1460. The van der Waals surface area contributed by atoms with E-state index in [4.69, 9.17) is 4.74 Å². The van der Waals surface area contributed by atoms with Gasteiger partial charge in [0, 0.05) is 15.8 Å². The van der Waals surface area contributed by atoms with Crippen molar-refractivity contribution in [1.82, 2.24) is 9.97 Å². The van der Waals surface area contributed by atoms with E-state index in [1.54, 1.807) is 18.3 Å². The number of aryl methyl sites for hydroxylation is 2. The van der Waals surface area contributed by atoms with Crippen LogP contribution in [0.4, 0.5) is 5.00 Å². The molecule has 4 aromatic rings. The molecule has 3 heterocycles. The molecular weight excluding hydrogens is 502 g/mol. The number of H-pyrrole nitrogens is 1. The zero-order chi connectivity index (χ0) is 24.4. The van der Waals surface area contributed by atoms with Crippen molar-refractivity contribution in [2.75, 3.05) is 17.7 Å². The highest BCUT2D eigenvalue weighted by atomic mass is 32.2. The molecule has 1 aromatic carbocycles. The molecule has 0 saturated carbocycles. The van der Waals surface area contributed by atoms with Crippen molar-refractivity contribution in [3.05, 3.63) is 62.1 Å². The smallest absolute Gasteiger partial charge is 0.341 e. The molecule has 0 saturated heterocycles. The van der Waals surface area contributed by atoms with Crippen LogP contribution in [0.1, 0.15) is 40.6 Å². The van der Waals surface area contributed by atoms with Gasteiger partial charge in [-0.25, -0.2) is 9.78 Å². The van der Waals surface area contributed by atoms with Gasteiger partial charge in [-0.3, -0.25) is 9.59 Å². The minimum atomic E-state index is -0.478. The molecule has 0 spiro atoms. The van der Waals surface area contributed by atoms with Crippen LogP contribution in [-0.4, -0.2) is 34.2 Å². The third-order valence-corrected chi connectivity index (χ3v) is 8.71. The van der Waals surface area contributed by atoms with Crippen LogP contribution >= 0.6 is 34.4 Å². The van der Waals surface area contributed by atoms with Crippen molar-refractivity contribution in [3.63, 3.8) is 0 Å². The number of aromatic nitrogens is 2. The number of aromatic amines is 1. The van der Waals surface area contributed by atoms with E-state index in [0.29, 0.717) is 21.1 Å². The van der Waals surface area contributed by atoms with Gasteiger partial charge >= 0.3 is 5.97 Å². The highest BCUT2D eigenvalue weighted by Gasteiger charge is 2.23. The molecule has 2 N–H and O–H groups in total. The maximum Gasteiger partial charge on any atom is 0.341 e. The lowest BCUT2D eigenvalue weighted by Gasteiger charge is -2.09. The van der Waals surface area contributed by atoms with Crippen LogP contribution in [0.3, 0.4) is 0 Å². The van der Waals surface area contributed by atoms with Crippen molar-refractivity contribution in [2.24, 2.45) is 0 Å². The highest BCUT2D eigenvalue weighted by Crippen LogP contribution is 2.37. The third-order valence-electron chi connectivity index (χ3n) is 5.75. The number of anilines is 1. The number of benzene rings is 1. The van der Waals surface area contributed by atoms with Gasteiger partial charge in [0.15, 0.2) is 5.16 Å². The number of thiophene rings is 2. The molecule has 3 aromatic heterocycles. The second kappa shape index (κ2) is 10.3. The summed E-state index contributed by atoms with van der Waals surface area (Å²) in [6.45, 7) is 1.98. The lowest BCUT2D eigenvalue weighted by Crippen LogP contribution is -2.17. The standard InChI is InChI=1S/C25H23N3O4S3/c1-2-32-24(31)20-16(14-8-4-3-5-9-14)12-33-22(20)26-18(29)13-34-25-27-21(30)19-15-10-6-7-11-17(15)35-23(19)28-25/h3-5,8-9,12H,2,6-7,10-11,13H2,1H3,(H,26,29)(H,27,28,30). The number of hydrogen-bond donors (Lipinski definition) is 2. The molecule has 0 aliphatic heterocycles. The molecule has 1 amide bonds. The largest absolute Gasteiger partial charge is 0.462 e. The topological polar surface area (TPSA) is 101 Å². The average molecular weight is 526 g/mol. The van der Waals surface area contributed by atoms with Crippen molar-refractivity contribution >= 4 is 61.5 Å². The zero-order valence-electron chi connectivity index (χ0n) is 19.0. The summed E-state index contributed by atoms with van der Waals surface area (Å²) in [4.78, 5) is 47.6. The molecule has 10 heteroatoms. The van der Waals surface area contributed by atoms with Crippen LogP contribution in [0.5, 0.6) is 0 Å².